The average molecular weight is 943 g/mol. The van der Waals surface area contributed by atoms with Crippen LogP contribution in [0.1, 0.15) is 16.7 Å². The lowest BCUT2D eigenvalue weighted by Gasteiger charge is -2.20. The van der Waals surface area contributed by atoms with E-state index < -0.39 is 0 Å². The fourth-order valence-corrected chi connectivity index (χ4v) is 10.4. The molecule has 8 heteroatoms. The third-order valence-electron chi connectivity index (χ3n) is 13.8. The smallest absolute Gasteiger partial charge is 0.164 e. The van der Waals surface area contributed by atoms with Crippen molar-refractivity contribution in [2.75, 3.05) is 0 Å². The monoisotopic (exact) mass is 942 g/mol. The van der Waals surface area contributed by atoms with Gasteiger partial charge in [0.2, 0.25) is 0 Å². The molecule has 0 aliphatic carbocycles. The summed E-state index contributed by atoms with van der Waals surface area (Å²) in [5.41, 5.74) is 15.6. The predicted octanol–water partition coefficient (Wildman–Crippen LogP) is 15.7. The number of hydrogen-bond acceptors (Lipinski definition) is 6. The van der Waals surface area contributed by atoms with Gasteiger partial charge in [0, 0.05) is 49.4 Å². The molecule has 0 fully saturated rings. The predicted molar refractivity (Wildman–Crippen MR) is 295 cm³/mol. The third kappa shape index (κ3) is 7.42. The molecule has 342 valence electrons. The zero-order valence-electron chi connectivity index (χ0n) is 39.5. The van der Waals surface area contributed by atoms with E-state index in [1.165, 1.54) is 0 Å². The van der Waals surface area contributed by atoms with E-state index in [0.717, 1.165) is 105 Å². The molecule has 3 heterocycles. The molecule has 10 aromatic carbocycles. The van der Waals surface area contributed by atoms with E-state index in [0.29, 0.717) is 34.2 Å². The lowest BCUT2D eigenvalue weighted by Crippen LogP contribution is -2.04. The highest BCUT2D eigenvalue weighted by atomic mass is 15.0. The van der Waals surface area contributed by atoms with Crippen LogP contribution < -0.4 is 0 Å². The number of rotatable bonds is 8. The highest BCUT2D eigenvalue weighted by Gasteiger charge is 2.23. The number of hydrogen-bond donors (Lipinski definition) is 0. The van der Waals surface area contributed by atoms with Crippen molar-refractivity contribution in [2.24, 2.45) is 0 Å². The molecule has 3 aromatic heterocycles. The molecule has 0 radical (unpaired) electrons. The fraction of sp³-hybridized carbons (Fsp3) is 0. The van der Waals surface area contributed by atoms with Gasteiger partial charge in [0.25, 0.3) is 0 Å². The molecule has 0 aliphatic heterocycles. The molecule has 0 saturated carbocycles. The Morgan fingerprint density at radius 1 is 0.270 bits per heavy atom. The van der Waals surface area contributed by atoms with E-state index in [-0.39, 0.29) is 0 Å². The number of nitrogens with zero attached hydrogens (tertiary/aromatic N) is 8. The molecule has 0 N–H and O–H groups in total. The van der Waals surface area contributed by atoms with Crippen molar-refractivity contribution < 1.29 is 0 Å². The topological polar surface area (TPSA) is 120 Å². The molecule has 0 atom stereocenters. The van der Waals surface area contributed by atoms with Gasteiger partial charge in [-0.2, -0.15) is 15.8 Å². The van der Waals surface area contributed by atoms with Gasteiger partial charge in [-0.05, 0) is 107 Å². The standard InChI is InChI=1S/C66H38N8/c67-39-42-13-11-19-47(33-42)49-27-31-61-56(36-49)52-21-7-9-23-58(52)73(61)60-30-25-44(41-69)35-55(60)54-29-26-51(66-71-64(45-15-3-1-4-16-45)70-65(72-66)46-17-5-2-6-18-46)38-63(54)74-59-24-10-8-22-53(59)57-37-50(28-32-62(57)74)48-20-12-14-43(34-48)40-68/h1-38H. The quantitative estimate of drug-likeness (QED) is 0.150. The molecular weight excluding hydrogens is 905 g/mol. The van der Waals surface area contributed by atoms with Crippen LogP contribution in [0.5, 0.6) is 0 Å². The third-order valence-corrected chi connectivity index (χ3v) is 13.8. The zero-order valence-corrected chi connectivity index (χ0v) is 39.5. The van der Waals surface area contributed by atoms with Gasteiger partial charge in [-0.1, -0.05) is 146 Å². The maximum atomic E-state index is 10.6. The van der Waals surface area contributed by atoms with Crippen molar-refractivity contribution in [3.8, 4) is 97.1 Å². The van der Waals surface area contributed by atoms with Gasteiger partial charge in [0.1, 0.15) is 0 Å². The molecular formula is C66H38N8. The van der Waals surface area contributed by atoms with E-state index in [9.17, 15) is 15.8 Å². The Morgan fingerprint density at radius 2 is 0.689 bits per heavy atom. The van der Waals surface area contributed by atoms with Crippen LogP contribution in [0.3, 0.4) is 0 Å². The van der Waals surface area contributed by atoms with Crippen molar-refractivity contribution in [2.45, 2.75) is 0 Å². The van der Waals surface area contributed by atoms with Gasteiger partial charge in [0.15, 0.2) is 17.5 Å². The number of para-hydroxylation sites is 2. The Kier molecular flexibility index (Phi) is 10.5. The maximum Gasteiger partial charge on any atom is 0.164 e. The first-order chi connectivity index (χ1) is 36.5. The van der Waals surface area contributed by atoms with Crippen LogP contribution in [0.4, 0.5) is 0 Å². The Bertz CT molecular complexity index is 4470. The van der Waals surface area contributed by atoms with Crippen LogP contribution >= 0.6 is 0 Å². The highest BCUT2D eigenvalue weighted by molar-refractivity contribution is 6.13. The van der Waals surface area contributed by atoms with Gasteiger partial charge in [-0.15, -0.1) is 0 Å². The molecule has 0 spiro atoms. The van der Waals surface area contributed by atoms with Gasteiger partial charge in [0.05, 0.1) is 68.3 Å². The van der Waals surface area contributed by atoms with Crippen LogP contribution in [0, 0.1) is 34.0 Å². The fourth-order valence-electron chi connectivity index (χ4n) is 10.4. The summed E-state index contributed by atoms with van der Waals surface area (Å²) < 4.78 is 4.61. The van der Waals surface area contributed by atoms with Crippen molar-refractivity contribution in [1.29, 1.82) is 15.8 Å². The SMILES string of the molecule is N#Cc1cccc(-c2ccc3c(c2)c2ccccc2n3-c2ccc(C#N)cc2-c2ccc(-c3nc(-c4ccccc4)nc(-c4ccccc4)n3)cc2-n2c3ccccc3c3cc(-c4cccc(C#N)c4)ccc32)c1. The van der Waals surface area contributed by atoms with Gasteiger partial charge >= 0.3 is 0 Å². The Labute approximate surface area is 425 Å². The highest BCUT2D eigenvalue weighted by Crippen LogP contribution is 2.44. The minimum absolute atomic E-state index is 0.510. The van der Waals surface area contributed by atoms with E-state index >= 15 is 0 Å². The average Bonchev–Trinajstić information content (AvgIpc) is 3.99. The molecule has 0 unspecified atom stereocenters. The van der Waals surface area contributed by atoms with Crippen LogP contribution in [0.25, 0.3) is 123 Å². The molecule has 13 aromatic rings. The summed E-state index contributed by atoms with van der Waals surface area (Å²) >= 11 is 0. The lowest BCUT2D eigenvalue weighted by atomic mass is 9.96. The molecule has 74 heavy (non-hydrogen) atoms. The zero-order chi connectivity index (χ0) is 49.7. The molecule has 0 saturated heterocycles. The molecule has 0 bridgehead atoms. The summed E-state index contributed by atoms with van der Waals surface area (Å²) in [6.45, 7) is 0. The van der Waals surface area contributed by atoms with Crippen LogP contribution in [-0.2, 0) is 0 Å². The minimum Gasteiger partial charge on any atom is -0.309 e. The largest absolute Gasteiger partial charge is 0.309 e. The number of aromatic nitrogens is 5. The van der Waals surface area contributed by atoms with Gasteiger partial charge in [-0.25, -0.2) is 15.0 Å². The molecule has 0 aliphatic rings. The van der Waals surface area contributed by atoms with E-state index in [4.69, 9.17) is 15.0 Å². The number of nitriles is 3. The van der Waals surface area contributed by atoms with E-state index in [1.807, 2.05) is 121 Å². The molecule has 13 rings (SSSR count). The van der Waals surface area contributed by atoms with E-state index in [2.05, 4.69) is 137 Å². The number of fused-ring (bicyclic) bond motifs is 6. The number of benzene rings is 10. The summed E-state index contributed by atoms with van der Waals surface area (Å²) in [4.78, 5) is 15.4. The summed E-state index contributed by atoms with van der Waals surface area (Å²) in [7, 11) is 0. The Morgan fingerprint density at radius 3 is 1.22 bits per heavy atom. The van der Waals surface area contributed by atoms with Crippen molar-refractivity contribution in [1.82, 2.24) is 24.1 Å². The second-order valence-electron chi connectivity index (χ2n) is 18.2. The maximum absolute atomic E-state index is 10.6. The van der Waals surface area contributed by atoms with Gasteiger partial charge in [-0.3, -0.25) is 0 Å². The molecule has 0 amide bonds. The lowest BCUT2D eigenvalue weighted by molar-refractivity contribution is 1.07. The van der Waals surface area contributed by atoms with E-state index in [1.54, 1.807) is 0 Å². The Balaban J connectivity index is 1.10. The minimum atomic E-state index is 0.510. The summed E-state index contributed by atoms with van der Waals surface area (Å²) in [6.07, 6.45) is 0. The van der Waals surface area contributed by atoms with Crippen LogP contribution in [-0.4, -0.2) is 24.1 Å². The second-order valence-corrected chi connectivity index (χ2v) is 18.2. The first kappa shape index (κ1) is 43.3. The van der Waals surface area contributed by atoms with Crippen LogP contribution in [0.2, 0.25) is 0 Å². The molecule has 8 nitrogen and oxygen atoms in total. The van der Waals surface area contributed by atoms with Crippen molar-refractivity contribution >= 4 is 43.6 Å². The first-order valence-corrected chi connectivity index (χ1v) is 24.2. The Hall–Kier alpha value is -10.7. The summed E-state index contributed by atoms with van der Waals surface area (Å²) in [5.74, 6) is 1.62. The first-order valence-electron chi connectivity index (χ1n) is 24.2. The normalized spacial score (nSPS) is 11.2. The second kappa shape index (κ2) is 17.9. The van der Waals surface area contributed by atoms with Crippen molar-refractivity contribution in [3.05, 3.63) is 247 Å². The summed E-state index contributed by atoms with van der Waals surface area (Å²) in [5, 5.41) is 34.4. The van der Waals surface area contributed by atoms with Crippen LogP contribution in [0.15, 0.2) is 231 Å². The van der Waals surface area contributed by atoms with Crippen molar-refractivity contribution in [3.63, 3.8) is 0 Å². The summed E-state index contributed by atoms with van der Waals surface area (Å²) in [6, 6.07) is 84.5. The van der Waals surface area contributed by atoms with Gasteiger partial charge < -0.3 is 9.13 Å².